The van der Waals surface area contributed by atoms with Gasteiger partial charge in [0.05, 0.1) is 12.2 Å². The smallest absolute Gasteiger partial charge is 0.266 e. The summed E-state index contributed by atoms with van der Waals surface area (Å²) in [6.07, 6.45) is 3.67. The Morgan fingerprint density at radius 3 is 2.76 bits per heavy atom. The molecule has 0 N–H and O–H groups in total. The summed E-state index contributed by atoms with van der Waals surface area (Å²) in [6, 6.07) is 10.3. The van der Waals surface area contributed by atoms with Crippen molar-refractivity contribution >= 4 is 21.0 Å². The lowest BCUT2D eigenvalue weighted by Crippen LogP contribution is -2.41. The third-order valence-corrected chi connectivity index (χ3v) is 7.55. The van der Waals surface area contributed by atoms with Gasteiger partial charge in [-0.2, -0.15) is 9.40 Å². The molecule has 1 saturated heterocycles. The molecule has 0 radical (unpaired) electrons. The number of aromatic nitrogens is 3. The SMILES string of the molecule is O=c1ccc(C2CC2)nn1CC1CCCN1S(=O)(=O)Cc1noc2ccccc12. The monoisotopic (exact) mass is 414 g/mol. The van der Waals surface area contributed by atoms with E-state index in [0.29, 0.717) is 35.5 Å². The molecule has 0 bridgehead atoms. The first-order valence-corrected chi connectivity index (χ1v) is 11.5. The van der Waals surface area contributed by atoms with Crippen LogP contribution in [0.4, 0.5) is 0 Å². The van der Waals surface area contributed by atoms with Crippen molar-refractivity contribution in [1.29, 1.82) is 0 Å². The third kappa shape index (κ3) is 3.60. The van der Waals surface area contributed by atoms with E-state index in [4.69, 9.17) is 4.52 Å². The second-order valence-electron chi connectivity index (χ2n) is 7.84. The first-order chi connectivity index (χ1) is 14.0. The van der Waals surface area contributed by atoms with Gasteiger partial charge in [-0.15, -0.1) is 0 Å². The van der Waals surface area contributed by atoms with Gasteiger partial charge in [-0.3, -0.25) is 4.79 Å². The summed E-state index contributed by atoms with van der Waals surface area (Å²) in [5, 5.41) is 9.16. The molecule has 2 aliphatic rings. The van der Waals surface area contributed by atoms with Crippen molar-refractivity contribution in [1.82, 2.24) is 19.2 Å². The van der Waals surface area contributed by atoms with Crippen LogP contribution in [0, 0.1) is 0 Å². The quantitative estimate of drug-likeness (QED) is 0.614. The molecule has 5 rings (SSSR count). The maximum absolute atomic E-state index is 13.2. The zero-order chi connectivity index (χ0) is 20.0. The Morgan fingerprint density at radius 2 is 1.93 bits per heavy atom. The second kappa shape index (κ2) is 7.07. The Labute approximate surface area is 168 Å². The first kappa shape index (κ1) is 18.5. The van der Waals surface area contributed by atoms with Crippen LogP contribution in [-0.2, 0) is 22.3 Å². The Morgan fingerprint density at radius 1 is 1.10 bits per heavy atom. The molecular weight excluding hydrogens is 392 g/mol. The number of fused-ring (bicyclic) bond motifs is 1. The third-order valence-electron chi connectivity index (χ3n) is 5.72. The number of sulfonamides is 1. The Balaban J connectivity index is 1.38. The maximum Gasteiger partial charge on any atom is 0.266 e. The van der Waals surface area contributed by atoms with Crippen LogP contribution in [0.5, 0.6) is 0 Å². The van der Waals surface area contributed by atoms with Crippen LogP contribution in [-0.4, -0.2) is 40.2 Å². The molecule has 8 nitrogen and oxygen atoms in total. The minimum atomic E-state index is -3.60. The molecular formula is C20H22N4O4S. The molecule has 0 spiro atoms. The summed E-state index contributed by atoms with van der Waals surface area (Å²) in [7, 11) is -3.60. The van der Waals surface area contributed by atoms with Gasteiger partial charge in [-0.05, 0) is 43.9 Å². The Hall–Kier alpha value is -2.52. The van der Waals surface area contributed by atoms with Gasteiger partial charge in [-0.25, -0.2) is 13.1 Å². The van der Waals surface area contributed by atoms with Gasteiger partial charge in [0.15, 0.2) is 5.58 Å². The molecule has 152 valence electrons. The lowest BCUT2D eigenvalue weighted by Gasteiger charge is -2.24. The van der Waals surface area contributed by atoms with Crippen LogP contribution in [0.1, 0.15) is 43.0 Å². The summed E-state index contributed by atoms with van der Waals surface area (Å²) in [6.45, 7) is 0.720. The molecule has 1 aromatic carbocycles. The Kier molecular flexibility index (Phi) is 4.51. The van der Waals surface area contributed by atoms with Crippen LogP contribution in [0.15, 0.2) is 45.7 Å². The molecule has 1 atom stereocenters. The van der Waals surface area contributed by atoms with Crippen molar-refractivity contribution in [2.45, 2.75) is 49.9 Å². The molecule has 2 fully saturated rings. The molecule has 3 heterocycles. The van der Waals surface area contributed by atoms with Gasteiger partial charge >= 0.3 is 0 Å². The zero-order valence-electron chi connectivity index (χ0n) is 15.9. The largest absolute Gasteiger partial charge is 0.356 e. The molecule has 9 heteroatoms. The first-order valence-electron chi connectivity index (χ1n) is 9.92. The summed E-state index contributed by atoms with van der Waals surface area (Å²) >= 11 is 0. The number of nitrogens with zero attached hydrogens (tertiary/aromatic N) is 4. The fraction of sp³-hybridized carbons (Fsp3) is 0.450. The summed E-state index contributed by atoms with van der Waals surface area (Å²) in [4.78, 5) is 12.3. The van der Waals surface area contributed by atoms with Crippen LogP contribution in [0.3, 0.4) is 0 Å². The van der Waals surface area contributed by atoms with E-state index in [9.17, 15) is 13.2 Å². The van der Waals surface area contributed by atoms with Crippen molar-refractivity contribution in [3.8, 4) is 0 Å². The number of rotatable bonds is 6. The van der Waals surface area contributed by atoms with Crippen LogP contribution in [0.25, 0.3) is 11.0 Å². The van der Waals surface area contributed by atoms with Gasteiger partial charge in [0.1, 0.15) is 11.4 Å². The second-order valence-corrected chi connectivity index (χ2v) is 9.76. The molecule has 1 aliphatic heterocycles. The number of hydrogen-bond donors (Lipinski definition) is 0. The van der Waals surface area contributed by atoms with Crippen LogP contribution < -0.4 is 5.56 Å². The van der Waals surface area contributed by atoms with E-state index in [0.717, 1.165) is 25.0 Å². The highest BCUT2D eigenvalue weighted by Gasteiger charge is 2.36. The van der Waals surface area contributed by atoms with Crippen LogP contribution >= 0.6 is 0 Å². The molecule has 1 aliphatic carbocycles. The van der Waals surface area contributed by atoms with Gasteiger partial charge in [0.25, 0.3) is 5.56 Å². The normalized spacial score (nSPS) is 20.5. The van der Waals surface area contributed by atoms with E-state index in [1.807, 2.05) is 18.2 Å². The maximum atomic E-state index is 13.2. The summed E-state index contributed by atoms with van der Waals surface area (Å²) in [5.41, 5.74) is 1.72. The Bertz CT molecular complexity index is 1210. The highest BCUT2D eigenvalue weighted by molar-refractivity contribution is 7.88. The van der Waals surface area contributed by atoms with Crippen molar-refractivity contribution in [3.05, 3.63) is 58.1 Å². The van der Waals surface area contributed by atoms with Crippen molar-refractivity contribution in [2.24, 2.45) is 0 Å². The predicted octanol–water partition coefficient (Wildman–Crippen LogP) is 2.26. The summed E-state index contributed by atoms with van der Waals surface area (Å²) in [5.74, 6) is 0.219. The average molecular weight is 414 g/mol. The standard InChI is InChI=1S/C20H22N4O4S/c25-20-10-9-17(14-7-8-14)21-23(20)12-15-4-3-11-24(15)29(26,27)13-18-16-5-1-2-6-19(16)28-22-18/h1-2,5-6,9-10,14-15H,3-4,7-8,11-13H2. The molecule has 0 amide bonds. The fourth-order valence-corrected chi connectivity index (χ4v) is 5.80. The van der Waals surface area contributed by atoms with Crippen LogP contribution in [0.2, 0.25) is 0 Å². The zero-order valence-corrected chi connectivity index (χ0v) is 16.7. The van der Waals surface area contributed by atoms with E-state index < -0.39 is 10.0 Å². The molecule has 2 aromatic heterocycles. The van der Waals surface area contributed by atoms with E-state index in [1.54, 1.807) is 12.1 Å². The predicted molar refractivity (Wildman–Crippen MR) is 107 cm³/mol. The van der Waals surface area contributed by atoms with E-state index in [-0.39, 0.29) is 23.9 Å². The number of para-hydroxylation sites is 1. The highest BCUT2D eigenvalue weighted by Crippen LogP contribution is 2.38. The molecule has 3 aromatic rings. The number of benzene rings is 1. The lowest BCUT2D eigenvalue weighted by molar-refractivity contribution is 0.333. The van der Waals surface area contributed by atoms with Crippen molar-refractivity contribution in [2.75, 3.05) is 6.54 Å². The lowest BCUT2D eigenvalue weighted by atomic mass is 10.2. The van der Waals surface area contributed by atoms with E-state index in [2.05, 4.69) is 10.3 Å². The molecule has 1 unspecified atom stereocenters. The van der Waals surface area contributed by atoms with Gasteiger partial charge < -0.3 is 4.52 Å². The highest BCUT2D eigenvalue weighted by atomic mass is 32.2. The van der Waals surface area contributed by atoms with Crippen molar-refractivity contribution < 1.29 is 12.9 Å². The molecule has 29 heavy (non-hydrogen) atoms. The van der Waals surface area contributed by atoms with E-state index >= 15 is 0 Å². The van der Waals surface area contributed by atoms with Gasteiger partial charge in [0, 0.05) is 30.0 Å². The topological polar surface area (TPSA) is 98.3 Å². The molecule has 1 saturated carbocycles. The van der Waals surface area contributed by atoms with Gasteiger partial charge in [-0.1, -0.05) is 17.3 Å². The minimum Gasteiger partial charge on any atom is -0.356 e. The summed E-state index contributed by atoms with van der Waals surface area (Å²) < 4.78 is 34.5. The van der Waals surface area contributed by atoms with Gasteiger partial charge in [0.2, 0.25) is 10.0 Å². The number of hydrogen-bond acceptors (Lipinski definition) is 6. The minimum absolute atomic E-state index is 0.193. The fourth-order valence-electron chi connectivity index (χ4n) is 4.05. The average Bonchev–Trinajstić information content (AvgIpc) is 3.32. The van der Waals surface area contributed by atoms with Crippen molar-refractivity contribution in [3.63, 3.8) is 0 Å². The van der Waals surface area contributed by atoms with E-state index in [1.165, 1.54) is 15.1 Å².